The second-order valence-electron chi connectivity index (χ2n) is 23.6. The molecule has 3 amide bonds. The first-order valence-corrected chi connectivity index (χ1v) is 29.2. The van der Waals surface area contributed by atoms with Crippen LogP contribution in [-0.4, -0.2) is 175 Å². The first kappa shape index (κ1) is 55.3. The van der Waals surface area contributed by atoms with Crippen LogP contribution in [0.3, 0.4) is 0 Å². The van der Waals surface area contributed by atoms with Gasteiger partial charge in [-0.15, -0.1) is 11.3 Å². The summed E-state index contributed by atoms with van der Waals surface area (Å²) in [5, 5.41) is 8.07. The fraction of sp³-hybridized carbons (Fsp3) is 0.655. The van der Waals surface area contributed by atoms with E-state index >= 15 is 4.79 Å². The molecule has 10 rings (SSSR count). The van der Waals surface area contributed by atoms with Crippen LogP contribution < -0.4 is 15.6 Å². The highest BCUT2D eigenvalue weighted by Crippen LogP contribution is 2.48. The van der Waals surface area contributed by atoms with E-state index in [2.05, 4.69) is 95.9 Å². The number of methoxy groups -OCH3 is 1. The molecule has 77 heavy (non-hydrogen) atoms. The maximum absolute atomic E-state index is 15.1. The van der Waals surface area contributed by atoms with Gasteiger partial charge in [-0.05, 0) is 103 Å². The minimum absolute atomic E-state index is 0.0268. The molecule has 1 aromatic carbocycles. The average Bonchev–Trinajstić information content (AvgIpc) is 4.37. The molecule has 6 aliphatic rings. The summed E-state index contributed by atoms with van der Waals surface area (Å²) in [7, 11) is 3.78. The van der Waals surface area contributed by atoms with Crippen molar-refractivity contribution in [3.05, 3.63) is 52.1 Å². The number of likely N-dealkylation sites (N-methyl/N-ethyl adjacent to an activating group) is 1. The van der Waals surface area contributed by atoms with Crippen molar-refractivity contribution in [1.82, 2.24) is 45.0 Å². The largest absolute Gasteiger partial charge is 0.464 e. The van der Waals surface area contributed by atoms with E-state index in [-0.39, 0.29) is 49.2 Å². The van der Waals surface area contributed by atoms with Crippen molar-refractivity contribution in [3.63, 3.8) is 0 Å². The number of aromatic nitrogens is 3. The summed E-state index contributed by atoms with van der Waals surface area (Å²) in [4.78, 5) is 77.6. The number of benzene rings is 1. The van der Waals surface area contributed by atoms with E-state index in [0.717, 1.165) is 83.4 Å². The van der Waals surface area contributed by atoms with Crippen LogP contribution in [0.5, 0.6) is 0 Å². The molecule has 2 aliphatic carbocycles. The molecule has 4 aromatic rings. The number of fused-ring (bicyclic) bond motifs is 6. The Kier molecular flexibility index (Phi) is 16.5. The highest BCUT2D eigenvalue weighted by molar-refractivity contribution is 7.10. The van der Waals surface area contributed by atoms with Crippen molar-refractivity contribution in [3.8, 4) is 22.5 Å². The number of thiazole rings is 1. The van der Waals surface area contributed by atoms with Crippen LogP contribution in [-0.2, 0) is 51.1 Å². The van der Waals surface area contributed by atoms with E-state index in [9.17, 15) is 14.4 Å². The minimum atomic E-state index is -1.23. The number of nitrogens with one attached hydrogen (secondary N) is 2. The molecule has 19 heteroatoms. The van der Waals surface area contributed by atoms with Gasteiger partial charge in [-0.2, -0.15) is 0 Å². The van der Waals surface area contributed by atoms with Gasteiger partial charge in [0, 0.05) is 118 Å². The molecule has 6 bridgehead atoms. The molecule has 0 radical (unpaired) electrons. The first-order valence-electron chi connectivity index (χ1n) is 28.3. The fourth-order valence-electron chi connectivity index (χ4n) is 12.2. The monoisotopic (exact) mass is 1080 g/mol. The second kappa shape index (κ2) is 23.0. The molecule has 2 N–H and O–H groups in total. The number of piperazine rings is 2. The molecule has 18 nitrogen and oxygen atoms in total. The highest BCUT2D eigenvalue weighted by atomic mass is 32.1. The van der Waals surface area contributed by atoms with E-state index in [1.807, 2.05) is 37.2 Å². The molecule has 5 fully saturated rings. The van der Waals surface area contributed by atoms with Crippen LogP contribution in [0.4, 0.5) is 5.69 Å². The summed E-state index contributed by atoms with van der Waals surface area (Å²) in [5.74, 6) is -2.64. The molecule has 4 aliphatic heterocycles. The van der Waals surface area contributed by atoms with E-state index in [1.165, 1.54) is 29.2 Å². The lowest BCUT2D eigenvalue weighted by atomic mass is 9.84. The zero-order valence-electron chi connectivity index (χ0n) is 47.0. The Morgan fingerprint density at radius 1 is 1.00 bits per heavy atom. The van der Waals surface area contributed by atoms with E-state index in [4.69, 9.17) is 28.9 Å². The van der Waals surface area contributed by atoms with E-state index in [1.54, 1.807) is 7.11 Å². The van der Waals surface area contributed by atoms with Gasteiger partial charge in [-0.3, -0.25) is 34.1 Å². The molecule has 2 saturated carbocycles. The summed E-state index contributed by atoms with van der Waals surface area (Å²) in [6.07, 6.45) is 4.82. The standard InChI is InChI=1S/C58H82N10O8S/c1-11-74-52-50(61-53(69)47-36(5)48(47)55(70)66-20-19-63(9)35(4)31-66)56(71)68-18-12-13-44(62-68)57(72)76-33-58(7,8)29-43-41-27-38(45-32-77-54(52)60-45)14-17-46(41)67(25-26-75-34(2)3)51(43)42-28-40(30-59-49(42)37(6)73-10)65-23-21-64(22-24-65)39-15-16-39/h14,17,27-28,30,32,34-37,39,44,47-48,50,52,62H,11-13,15-16,18-26,29,31,33H2,1-10H3,(H,61,69)/t35-,36+,37-,44-,47+,48+,50-,52-/m0/s1. The zero-order chi connectivity index (χ0) is 54.4. The van der Waals surface area contributed by atoms with Gasteiger partial charge in [-0.1, -0.05) is 26.8 Å². The van der Waals surface area contributed by atoms with Crippen molar-refractivity contribution in [2.24, 2.45) is 23.2 Å². The number of carbonyl (C=O) groups is 4. The number of cyclic esters (lactones) is 1. The van der Waals surface area contributed by atoms with Gasteiger partial charge in [0.15, 0.2) is 0 Å². The second-order valence-corrected chi connectivity index (χ2v) is 24.5. The molecule has 8 atom stereocenters. The number of carbonyl (C=O) groups excluding carboxylic acids is 4. The first-order chi connectivity index (χ1) is 36.9. The molecule has 0 spiro atoms. The highest BCUT2D eigenvalue weighted by Gasteiger charge is 2.58. The van der Waals surface area contributed by atoms with Crippen molar-refractivity contribution in [1.29, 1.82) is 0 Å². The quantitative estimate of drug-likeness (QED) is 0.131. The Hall–Kier alpha value is -5.02. The number of anilines is 1. The van der Waals surface area contributed by atoms with Gasteiger partial charge in [0.2, 0.25) is 11.8 Å². The number of hydrazine groups is 1. The predicted molar refractivity (Wildman–Crippen MR) is 297 cm³/mol. The smallest absolute Gasteiger partial charge is 0.324 e. The number of hydrogen-bond acceptors (Lipinski definition) is 15. The maximum atomic E-state index is 15.1. The number of hydrogen-bond donors (Lipinski definition) is 2. The zero-order valence-corrected chi connectivity index (χ0v) is 47.8. The summed E-state index contributed by atoms with van der Waals surface area (Å²) in [6, 6.07) is 7.65. The minimum Gasteiger partial charge on any atom is -0.464 e. The van der Waals surface area contributed by atoms with Crippen molar-refractivity contribution >= 4 is 51.6 Å². The molecular formula is C58H82N10O8S. The summed E-state index contributed by atoms with van der Waals surface area (Å²) in [5.41, 5.74) is 10.2. The molecular weight excluding hydrogens is 997 g/mol. The summed E-state index contributed by atoms with van der Waals surface area (Å²) < 4.78 is 27.5. The van der Waals surface area contributed by atoms with Crippen LogP contribution in [0.2, 0.25) is 0 Å². The van der Waals surface area contributed by atoms with Gasteiger partial charge in [-0.25, -0.2) is 10.4 Å². The van der Waals surface area contributed by atoms with E-state index < -0.39 is 47.3 Å². The maximum Gasteiger partial charge on any atom is 0.324 e. The Balaban J connectivity index is 1.07. The number of pyridine rings is 1. The lowest BCUT2D eigenvalue weighted by Gasteiger charge is -2.38. The van der Waals surface area contributed by atoms with Gasteiger partial charge >= 0.3 is 5.97 Å². The SMILES string of the molecule is CCO[C@@H]1c2nc(cs2)-c2ccc3c(c2)c(c(-c2cc(N4CCN(C5CC5)CC4)cnc2[C@H](C)OC)n3CCOC(C)C)CC(C)(C)COC(=O)[C@@H]2CCCN(N2)C(=O)[C@H]1NC(=O)[C@@H]1[C@@H](C)[C@H]1C(=O)N1CCN(C)[C@@H](C)C1. The lowest BCUT2D eigenvalue weighted by molar-refractivity contribution is -0.156. The van der Waals surface area contributed by atoms with Crippen LogP contribution in [0, 0.1) is 23.2 Å². The molecule has 418 valence electrons. The Bertz CT molecular complexity index is 2800. The van der Waals surface area contributed by atoms with Crippen molar-refractivity contribution < 1.29 is 38.1 Å². The average molecular weight is 1080 g/mol. The van der Waals surface area contributed by atoms with Crippen LogP contribution >= 0.6 is 11.3 Å². The summed E-state index contributed by atoms with van der Waals surface area (Å²) >= 11 is 1.37. The molecule has 7 heterocycles. The van der Waals surface area contributed by atoms with Gasteiger partial charge in [0.1, 0.15) is 23.2 Å². The Labute approximate surface area is 458 Å². The number of rotatable bonds is 14. The fourth-order valence-corrected chi connectivity index (χ4v) is 13.1. The van der Waals surface area contributed by atoms with Crippen LogP contribution in [0.1, 0.15) is 110 Å². The molecule has 3 saturated heterocycles. The van der Waals surface area contributed by atoms with Crippen molar-refractivity contribution in [2.45, 2.75) is 137 Å². The number of nitrogens with zero attached hydrogens (tertiary/aromatic N) is 8. The summed E-state index contributed by atoms with van der Waals surface area (Å²) in [6.45, 7) is 23.8. The molecule has 0 unspecified atom stereocenters. The third-order valence-corrected chi connectivity index (χ3v) is 18.0. The Morgan fingerprint density at radius 3 is 2.49 bits per heavy atom. The topological polar surface area (TPSA) is 176 Å². The van der Waals surface area contributed by atoms with Crippen LogP contribution in [0.25, 0.3) is 33.4 Å². The number of amides is 3. The van der Waals surface area contributed by atoms with Crippen LogP contribution in [0.15, 0.2) is 35.8 Å². The van der Waals surface area contributed by atoms with Gasteiger partial charge in [0.05, 0.1) is 66.2 Å². The van der Waals surface area contributed by atoms with Gasteiger partial charge in [0.25, 0.3) is 5.91 Å². The van der Waals surface area contributed by atoms with Gasteiger partial charge < -0.3 is 43.5 Å². The van der Waals surface area contributed by atoms with Crippen molar-refractivity contribution in [2.75, 3.05) is 91.2 Å². The predicted octanol–water partition coefficient (Wildman–Crippen LogP) is 6.47. The molecule has 3 aromatic heterocycles. The third kappa shape index (κ3) is 11.7. The van der Waals surface area contributed by atoms with E-state index in [0.29, 0.717) is 62.7 Å². The Morgan fingerprint density at radius 2 is 1.78 bits per heavy atom. The number of esters is 1. The lowest BCUT2D eigenvalue weighted by Crippen LogP contribution is -2.61. The number of ether oxygens (including phenoxy) is 4. The third-order valence-electron chi connectivity index (χ3n) is 17.1. The normalized spacial score (nSPS) is 26.9.